The molecule has 2 amide bonds. The van der Waals surface area contributed by atoms with Crippen LogP contribution >= 0.6 is 0 Å². The Balaban J connectivity index is 1.65. The van der Waals surface area contributed by atoms with Gasteiger partial charge in [0.05, 0.1) is 18.7 Å². The fraction of sp³-hybridized carbons (Fsp3) is 0.0455. The molecular formula is C22H17N3O3. The SMILES string of the molecule is COc1cccc(NC(=O)c2ccc(C(=O)Nc3ccc(C#N)cc3)cc2)c1. The molecule has 0 spiro atoms. The third-order valence-corrected chi connectivity index (χ3v) is 4.01. The number of nitrogens with one attached hydrogen (secondary N) is 2. The molecule has 0 radical (unpaired) electrons. The van der Waals surface area contributed by atoms with Crippen molar-refractivity contribution in [3.8, 4) is 11.8 Å². The van der Waals surface area contributed by atoms with Gasteiger partial charge in [-0.1, -0.05) is 6.07 Å². The molecule has 6 heteroatoms. The number of methoxy groups -OCH3 is 1. The maximum absolute atomic E-state index is 12.4. The van der Waals surface area contributed by atoms with Crippen molar-refractivity contribution in [1.82, 2.24) is 0 Å². The van der Waals surface area contributed by atoms with Crippen LogP contribution in [-0.2, 0) is 0 Å². The Morgan fingerprint density at radius 2 is 1.39 bits per heavy atom. The van der Waals surface area contributed by atoms with Gasteiger partial charge in [-0.05, 0) is 60.7 Å². The second-order valence-electron chi connectivity index (χ2n) is 5.91. The Kier molecular flexibility index (Phi) is 5.68. The Labute approximate surface area is 162 Å². The normalized spacial score (nSPS) is 9.86. The molecule has 0 aliphatic heterocycles. The molecule has 0 aromatic heterocycles. The number of hydrogen-bond donors (Lipinski definition) is 2. The molecule has 3 aromatic carbocycles. The molecule has 0 fully saturated rings. The zero-order chi connectivity index (χ0) is 19.9. The molecule has 28 heavy (non-hydrogen) atoms. The maximum atomic E-state index is 12.4. The molecule has 0 atom stereocenters. The second kappa shape index (κ2) is 8.52. The van der Waals surface area contributed by atoms with E-state index in [2.05, 4.69) is 10.6 Å². The first-order valence-corrected chi connectivity index (χ1v) is 8.46. The molecule has 2 N–H and O–H groups in total. The lowest BCUT2D eigenvalue weighted by Gasteiger charge is -2.08. The zero-order valence-electron chi connectivity index (χ0n) is 15.1. The van der Waals surface area contributed by atoms with Gasteiger partial charge in [-0.15, -0.1) is 0 Å². The van der Waals surface area contributed by atoms with Crippen LogP contribution < -0.4 is 15.4 Å². The number of carbonyl (C=O) groups excluding carboxylic acids is 2. The predicted octanol–water partition coefficient (Wildman–Crippen LogP) is 4.07. The van der Waals surface area contributed by atoms with Crippen molar-refractivity contribution in [3.63, 3.8) is 0 Å². The van der Waals surface area contributed by atoms with Crippen LogP contribution in [0.15, 0.2) is 72.8 Å². The number of carbonyl (C=O) groups is 2. The monoisotopic (exact) mass is 371 g/mol. The number of nitrogens with zero attached hydrogens (tertiary/aromatic N) is 1. The third-order valence-electron chi connectivity index (χ3n) is 4.01. The first kappa shape index (κ1) is 18.7. The van der Waals surface area contributed by atoms with Crippen LogP contribution in [0.4, 0.5) is 11.4 Å². The third kappa shape index (κ3) is 4.54. The van der Waals surface area contributed by atoms with Crippen molar-refractivity contribution in [2.45, 2.75) is 0 Å². The minimum absolute atomic E-state index is 0.285. The quantitative estimate of drug-likeness (QED) is 0.707. The van der Waals surface area contributed by atoms with Crippen LogP contribution in [0.3, 0.4) is 0 Å². The fourth-order valence-corrected chi connectivity index (χ4v) is 2.51. The van der Waals surface area contributed by atoms with E-state index in [0.29, 0.717) is 33.8 Å². The molecule has 0 saturated carbocycles. The predicted molar refractivity (Wildman–Crippen MR) is 106 cm³/mol. The Bertz CT molecular complexity index is 1040. The lowest BCUT2D eigenvalue weighted by molar-refractivity contribution is 0.101. The summed E-state index contributed by atoms with van der Waals surface area (Å²) in [7, 11) is 1.56. The lowest BCUT2D eigenvalue weighted by atomic mass is 10.1. The second-order valence-corrected chi connectivity index (χ2v) is 5.91. The highest BCUT2D eigenvalue weighted by molar-refractivity contribution is 6.07. The molecule has 138 valence electrons. The van der Waals surface area contributed by atoms with Crippen molar-refractivity contribution < 1.29 is 14.3 Å². The molecule has 0 aliphatic rings. The lowest BCUT2D eigenvalue weighted by Crippen LogP contribution is -2.14. The van der Waals surface area contributed by atoms with E-state index in [-0.39, 0.29) is 11.8 Å². The summed E-state index contributed by atoms with van der Waals surface area (Å²) in [5.41, 5.74) is 2.57. The molecular weight excluding hydrogens is 354 g/mol. The Morgan fingerprint density at radius 1 is 0.821 bits per heavy atom. The molecule has 0 heterocycles. The summed E-state index contributed by atoms with van der Waals surface area (Å²) in [6.07, 6.45) is 0. The van der Waals surface area contributed by atoms with Crippen molar-refractivity contribution in [1.29, 1.82) is 5.26 Å². The first-order chi connectivity index (χ1) is 13.6. The number of nitriles is 1. The number of hydrogen-bond acceptors (Lipinski definition) is 4. The summed E-state index contributed by atoms with van der Waals surface area (Å²) in [6.45, 7) is 0. The smallest absolute Gasteiger partial charge is 0.255 e. The molecule has 0 unspecified atom stereocenters. The van der Waals surface area contributed by atoms with Gasteiger partial charge >= 0.3 is 0 Å². The highest BCUT2D eigenvalue weighted by atomic mass is 16.5. The Morgan fingerprint density at radius 3 is 1.93 bits per heavy atom. The average Bonchev–Trinajstić information content (AvgIpc) is 2.74. The van der Waals surface area contributed by atoms with E-state index in [9.17, 15) is 9.59 Å². The average molecular weight is 371 g/mol. The summed E-state index contributed by atoms with van der Waals surface area (Å²) >= 11 is 0. The van der Waals surface area contributed by atoms with Crippen molar-refractivity contribution in [2.75, 3.05) is 17.7 Å². The van der Waals surface area contributed by atoms with Gasteiger partial charge in [0, 0.05) is 28.6 Å². The summed E-state index contributed by atoms with van der Waals surface area (Å²) < 4.78 is 5.13. The summed E-state index contributed by atoms with van der Waals surface area (Å²) in [5, 5.41) is 14.3. The van der Waals surface area contributed by atoms with Gasteiger partial charge in [0.15, 0.2) is 0 Å². The molecule has 0 aliphatic carbocycles. The number of benzene rings is 3. The topological polar surface area (TPSA) is 91.2 Å². The summed E-state index contributed by atoms with van der Waals surface area (Å²) in [5.74, 6) is 0.0596. The van der Waals surface area contributed by atoms with Gasteiger partial charge in [0.1, 0.15) is 5.75 Å². The summed E-state index contributed by atoms with van der Waals surface area (Å²) in [4.78, 5) is 24.7. The molecule has 0 bridgehead atoms. The van der Waals surface area contributed by atoms with Crippen molar-refractivity contribution >= 4 is 23.2 Å². The standard InChI is InChI=1S/C22H17N3O3/c1-28-20-4-2-3-19(13-20)25-22(27)17-9-7-16(8-10-17)21(26)24-18-11-5-15(14-23)6-12-18/h2-13H,1H3,(H,24,26)(H,25,27). The van der Waals surface area contributed by atoms with Gasteiger partial charge in [-0.2, -0.15) is 5.26 Å². The fourth-order valence-electron chi connectivity index (χ4n) is 2.51. The van der Waals surface area contributed by atoms with E-state index >= 15 is 0 Å². The van der Waals surface area contributed by atoms with E-state index in [4.69, 9.17) is 10.00 Å². The molecule has 3 rings (SSSR count). The van der Waals surface area contributed by atoms with E-state index < -0.39 is 0 Å². The van der Waals surface area contributed by atoms with Gasteiger partial charge in [-0.3, -0.25) is 9.59 Å². The van der Waals surface area contributed by atoms with Crippen LogP contribution in [0, 0.1) is 11.3 Å². The van der Waals surface area contributed by atoms with E-state index in [1.807, 2.05) is 6.07 Å². The van der Waals surface area contributed by atoms with Crippen LogP contribution in [0.25, 0.3) is 0 Å². The number of anilines is 2. The molecule has 3 aromatic rings. The van der Waals surface area contributed by atoms with E-state index in [0.717, 1.165) is 0 Å². The Hall–Kier alpha value is -4.11. The van der Waals surface area contributed by atoms with Crippen molar-refractivity contribution in [3.05, 3.63) is 89.5 Å². The maximum Gasteiger partial charge on any atom is 0.255 e. The van der Waals surface area contributed by atoms with Crippen LogP contribution in [0.1, 0.15) is 26.3 Å². The van der Waals surface area contributed by atoms with Gasteiger partial charge < -0.3 is 15.4 Å². The first-order valence-electron chi connectivity index (χ1n) is 8.46. The van der Waals surface area contributed by atoms with Gasteiger partial charge in [0.2, 0.25) is 0 Å². The van der Waals surface area contributed by atoms with Crippen LogP contribution in [0.5, 0.6) is 5.75 Å². The minimum Gasteiger partial charge on any atom is -0.497 e. The van der Waals surface area contributed by atoms with Gasteiger partial charge in [-0.25, -0.2) is 0 Å². The van der Waals surface area contributed by atoms with Crippen LogP contribution in [-0.4, -0.2) is 18.9 Å². The highest BCUT2D eigenvalue weighted by Crippen LogP contribution is 2.18. The van der Waals surface area contributed by atoms with Crippen LogP contribution in [0.2, 0.25) is 0 Å². The number of amides is 2. The summed E-state index contributed by atoms with van der Waals surface area (Å²) in [6, 6.07) is 22.0. The van der Waals surface area contributed by atoms with E-state index in [1.165, 1.54) is 0 Å². The highest BCUT2D eigenvalue weighted by Gasteiger charge is 2.10. The molecule has 0 saturated heterocycles. The minimum atomic E-state index is -0.301. The zero-order valence-corrected chi connectivity index (χ0v) is 15.1. The van der Waals surface area contributed by atoms with Crippen molar-refractivity contribution in [2.24, 2.45) is 0 Å². The largest absolute Gasteiger partial charge is 0.497 e. The number of rotatable bonds is 5. The van der Waals surface area contributed by atoms with Gasteiger partial charge in [0.25, 0.3) is 11.8 Å². The molecule has 6 nitrogen and oxygen atoms in total. The number of ether oxygens (including phenoxy) is 1. The van der Waals surface area contributed by atoms with E-state index in [1.54, 1.807) is 79.9 Å².